The van der Waals surface area contributed by atoms with Crippen LogP contribution in [0.15, 0.2) is 67.7 Å². The van der Waals surface area contributed by atoms with Gasteiger partial charge in [0, 0.05) is 27.1 Å². The zero-order valence-electron chi connectivity index (χ0n) is 14.9. The van der Waals surface area contributed by atoms with Crippen LogP contribution in [0, 0.1) is 17.1 Å². The second-order valence-corrected chi connectivity index (χ2v) is 8.29. The lowest BCUT2D eigenvalue weighted by atomic mass is 10.1. The van der Waals surface area contributed by atoms with Gasteiger partial charge in [-0.05, 0) is 42.5 Å². The van der Waals surface area contributed by atoms with Crippen LogP contribution in [0.2, 0.25) is 5.02 Å². The predicted molar refractivity (Wildman–Crippen MR) is 120 cm³/mol. The first kappa shape index (κ1) is 20.3. The number of nitrogens with zero attached hydrogens (tertiary/aromatic N) is 2. The molecule has 148 valence electrons. The van der Waals surface area contributed by atoms with Crippen LogP contribution in [0.4, 0.5) is 10.1 Å². The predicted octanol–water partition coefficient (Wildman–Crippen LogP) is 6.45. The first-order chi connectivity index (χ1) is 14.4. The van der Waals surface area contributed by atoms with E-state index in [4.69, 9.17) is 16.0 Å². The van der Waals surface area contributed by atoms with Gasteiger partial charge in [-0.15, -0.1) is 11.3 Å². The molecule has 4 rings (SSSR count). The fourth-order valence-corrected chi connectivity index (χ4v) is 4.02. The van der Waals surface area contributed by atoms with E-state index in [0.29, 0.717) is 27.5 Å². The number of allylic oxidation sites excluding steroid dienone is 1. The van der Waals surface area contributed by atoms with Crippen LogP contribution in [0.5, 0.6) is 0 Å². The first-order valence-corrected chi connectivity index (χ1v) is 10.5. The van der Waals surface area contributed by atoms with Crippen molar-refractivity contribution in [3.8, 4) is 17.3 Å². The van der Waals surface area contributed by atoms with Gasteiger partial charge in [0.15, 0.2) is 0 Å². The van der Waals surface area contributed by atoms with Crippen molar-refractivity contribution in [3.05, 3.63) is 84.8 Å². The second kappa shape index (κ2) is 8.40. The van der Waals surface area contributed by atoms with Crippen LogP contribution >= 0.6 is 38.9 Å². The first-order valence-electron chi connectivity index (χ1n) is 8.46. The van der Waals surface area contributed by atoms with E-state index >= 15 is 0 Å². The molecule has 0 aliphatic carbocycles. The Bertz CT molecular complexity index is 1410. The van der Waals surface area contributed by atoms with Crippen LogP contribution in [0.25, 0.3) is 27.8 Å². The molecule has 0 unspecified atom stereocenters. The lowest BCUT2D eigenvalue weighted by molar-refractivity contribution is 0.563. The fourth-order valence-electron chi connectivity index (χ4n) is 2.68. The third-order valence-corrected chi connectivity index (χ3v) is 5.79. The van der Waals surface area contributed by atoms with Gasteiger partial charge in [0.1, 0.15) is 28.1 Å². The molecule has 0 amide bonds. The molecule has 2 heterocycles. The maximum atomic E-state index is 13.3. The molecule has 0 spiro atoms. The largest absolute Gasteiger partial charge is 0.422 e. The summed E-state index contributed by atoms with van der Waals surface area (Å²) in [5.41, 5.74) is 1.45. The molecule has 9 heteroatoms. The monoisotopic (exact) mass is 501 g/mol. The number of thiazole rings is 1. The van der Waals surface area contributed by atoms with Gasteiger partial charge < -0.3 is 9.73 Å². The van der Waals surface area contributed by atoms with E-state index in [0.717, 1.165) is 9.86 Å². The van der Waals surface area contributed by atoms with Crippen LogP contribution < -0.4 is 10.9 Å². The summed E-state index contributed by atoms with van der Waals surface area (Å²) in [6.45, 7) is 0. The highest BCUT2D eigenvalue weighted by molar-refractivity contribution is 9.10. The van der Waals surface area contributed by atoms with E-state index in [9.17, 15) is 14.4 Å². The second-order valence-electron chi connectivity index (χ2n) is 6.11. The summed E-state index contributed by atoms with van der Waals surface area (Å²) >= 11 is 10.4. The zero-order valence-corrected chi connectivity index (χ0v) is 18.1. The van der Waals surface area contributed by atoms with E-state index < -0.39 is 11.4 Å². The molecule has 2 aromatic heterocycles. The highest BCUT2D eigenvalue weighted by Crippen LogP contribution is 2.28. The van der Waals surface area contributed by atoms with Gasteiger partial charge in [-0.2, -0.15) is 5.26 Å². The van der Waals surface area contributed by atoms with E-state index in [2.05, 4.69) is 32.3 Å². The Morgan fingerprint density at radius 1 is 1.30 bits per heavy atom. The van der Waals surface area contributed by atoms with E-state index in [1.807, 2.05) is 6.07 Å². The summed E-state index contributed by atoms with van der Waals surface area (Å²) in [5, 5.41) is 15.2. The summed E-state index contributed by atoms with van der Waals surface area (Å²) in [6.07, 6.45) is 1.45. The minimum atomic E-state index is -0.530. The number of nitrogens with one attached hydrogen (secondary N) is 1. The standard InChI is InChI=1S/C21H10BrClFN3O2S/c22-13-1-4-19-11(5-13)6-15(21(28)29-19)18-10-30-20(27-18)12(8-25)9-26-14-2-3-17(24)16(23)7-14/h1-7,9-10,26H. The molecular weight excluding hydrogens is 493 g/mol. The molecule has 0 bridgehead atoms. The lowest BCUT2D eigenvalue weighted by Gasteiger charge is -2.03. The quantitative estimate of drug-likeness (QED) is 0.256. The minimum Gasteiger partial charge on any atom is -0.422 e. The third kappa shape index (κ3) is 4.14. The molecule has 0 atom stereocenters. The highest BCUT2D eigenvalue weighted by Gasteiger charge is 2.14. The number of rotatable bonds is 4. The van der Waals surface area contributed by atoms with Gasteiger partial charge in [0.25, 0.3) is 0 Å². The topological polar surface area (TPSA) is 78.9 Å². The van der Waals surface area contributed by atoms with Crippen molar-refractivity contribution >= 4 is 61.1 Å². The van der Waals surface area contributed by atoms with Gasteiger partial charge in [0.2, 0.25) is 0 Å². The van der Waals surface area contributed by atoms with Gasteiger partial charge in [-0.3, -0.25) is 0 Å². The van der Waals surface area contributed by atoms with Crippen LogP contribution in [0.1, 0.15) is 5.01 Å². The fraction of sp³-hybridized carbons (Fsp3) is 0. The van der Waals surface area contributed by atoms with E-state index in [1.54, 1.807) is 23.6 Å². The number of fused-ring (bicyclic) bond motifs is 1. The normalized spacial score (nSPS) is 11.5. The number of halogens is 3. The van der Waals surface area contributed by atoms with Crippen molar-refractivity contribution in [2.45, 2.75) is 0 Å². The summed E-state index contributed by atoms with van der Waals surface area (Å²) in [7, 11) is 0. The molecule has 30 heavy (non-hydrogen) atoms. The Morgan fingerprint density at radius 2 is 2.13 bits per heavy atom. The van der Waals surface area contributed by atoms with Crippen molar-refractivity contribution in [1.82, 2.24) is 4.98 Å². The van der Waals surface area contributed by atoms with Gasteiger partial charge >= 0.3 is 5.63 Å². The molecule has 0 saturated carbocycles. The zero-order chi connectivity index (χ0) is 21.3. The van der Waals surface area contributed by atoms with E-state index in [1.165, 1.54) is 35.7 Å². The summed E-state index contributed by atoms with van der Waals surface area (Å²) in [4.78, 5) is 16.8. The van der Waals surface area contributed by atoms with E-state index in [-0.39, 0.29) is 10.6 Å². The van der Waals surface area contributed by atoms with Crippen LogP contribution in [-0.2, 0) is 0 Å². The Balaban J connectivity index is 1.66. The van der Waals surface area contributed by atoms with Crippen LogP contribution in [0.3, 0.4) is 0 Å². The van der Waals surface area contributed by atoms with Crippen molar-refractivity contribution in [3.63, 3.8) is 0 Å². The third-order valence-electron chi connectivity index (χ3n) is 4.13. The average Bonchev–Trinajstić information content (AvgIpc) is 3.20. The Morgan fingerprint density at radius 3 is 2.90 bits per heavy atom. The molecule has 5 nitrogen and oxygen atoms in total. The SMILES string of the molecule is N#CC(=CNc1ccc(F)c(Cl)c1)c1nc(-c2cc3cc(Br)ccc3oc2=O)cs1. The van der Waals surface area contributed by atoms with Crippen molar-refractivity contribution in [1.29, 1.82) is 5.26 Å². The number of nitriles is 1. The van der Waals surface area contributed by atoms with Gasteiger partial charge in [0.05, 0.1) is 16.3 Å². The van der Waals surface area contributed by atoms with Gasteiger partial charge in [-0.1, -0.05) is 27.5 Å². The molecule has 4 aromatic rings. The number of benzene rings is 2. The maximum absolute atomic E-state index is 13.3. The molecule has 0 aliphatic rings. The molecule has 0 fully saturated rings. The molecule has 0 aliphatic heterocycles. The smallest absolute Gasteiger partial charge is 0.345 e. The molecule has 2 aromatic carbocycles. The Hall–Kier alpha value is -2.99. The average molecular weight is 503 g/mol. The Labute approximate surface area is 187 Å². The molecule has 1 N–H and O–H groups in total. The van der Waals surface area contributed by atoms with Crippen molar-refractivity contribution < 1.29 is 8.81 Å². The number of hydrogen-bond donors (Lipinski definition) is 1. The van der Waals surface area contributed by atoms with Crippen molar-refractivity contribution in [2.24, 2.45) is 0 Å². The Kier molecular flexibility index (Phi) is 5.68. The molecular formula is C21H10BrClFN3O2S. The number of aromatic nitrogens is 1. The summed E-state index contributed by atoms with van der Waals surface area (Å²) in [6, 6.07) is 13.2. The lowest BCUT2D eigenvalue weighted by Crippen LogP contribution is -2.03. The molecule has 0 saturated heterocycles. The number of anilines is 1. The minimum absolute atomic E-state index is 0.0295. The summed E-state index contributed by atoms with van der Waals surface area (Å²) in [5.74, 6) is -0.530. The highest BCUT2D eigenvalue weighted by atomic mass is 79.9. The van der Waals surface area contributed by atoms with Crippen molar-refractivity contribution in [2.75, 3.05) is 5.32 Å². The maximum Gasteiger partial charge on any atom is 0.345 e. The van der Waals surface area contributed by atoms with Gasteiger partial charge in [-0.25, -0.2) is 14.2 Å². The number of hydrogen-bond acceptors (Lipinski definition) is 6. The summed E-state index contributed by atoms with van der Waals surface area (Å²) < 4.78 is 19.5. The van der Waals surface area contributed by atoms with Crippen LogP contribution in [-0.4, -0.2) is 4.98 Å². The molecule has 0 radical (unpaired) electrons.